The summed E-state index contributed by atoms with van der Waals surface area (Å²) in [5, 5.41) is 5.17. The average Bonchev–Trinajstić information content (AvgIpc) is 3.43. The summed E-state index contributed by atoms with van der Waals surface area (Å²) in [6, 6.07) is 21.9. The number of pyridine rings is 1. The van der Waals surface area contributed by atoms with Crippen molar-refractivity contribution in [3.8, 4) is 11.5 Å². The number of oxazole rings is 1. The van der Waals surface area contributed by atoms with Gasteiger partial charge in [-0.25, -0.2) is 9.78 Å². The van der Waals surface area contributed by atoms with E-state index in [9.17, 15) is 18.0 Å². The molecular weight excluding hydrogens is 557 g/mol. The number of benzene rings is 3. The van der Waals surface area contributed by atoms with Gasteiger partial charge >= 0.3 is 12.2 Å². The molecule has 11 heteroatoms. The van der Waals surface area contributed by atoms with Crippen LogP contribution < -0.4 is 10.6 Å². The van der Waals surface area contributed by atoms with Crippen LogP contribution in [0.1, 0.15) is 16.7 Å². The molecule has 0 spiro atoms. The number of halogens is 3. The van der Waals surface area contributed by atoms with Gasteiger partial charge in [-0.2, -0.15) is 13.2 Å². The zero-order valence-electron chi connectivity index (χ0n) is 23.1. The molecule has 2 aromatic heterocycles. The van der Waals surface area contributed by atoms with Gasteiger partial charge in [0.1, 0.15) is 5.52 Å². The molecule has 220 valence electrons. The summed E-state index contributed by atoms with van der Waals surface area (Å²) in [6.07, 6.45) is -1.29. The standard InChI is InChI=1S/C32H29F3N6O2/c33-32(34,35)27-17-25(9-8-24(27)21-41-15-13-40(14-16-41)20-22-5-2-1-3-6-22)37-31(42)38-26-10-11-29-28(18-26)39-30(43-29)23-7-4-12-36-19-23/h1-12,17-19H,13-16,20-21H2,(H2,37,38,42). The highest BCUT2D eigenvalue weighted by atomic mass is 19.4. The van der Waals surface area contributed by atoms with Crippen molar-refractivity contribution in [3.63, 3.8) is 0 Å². The molecule has 5 aromatic rings. The third-order valence-electron chi connectivity index (χ3n) is 7.33. The lowest BCUT2D eigenvalue weighted by Gasteiger charge is -2.35. The second-order valence-electron chi connectivity index (χ2n) is 10.4. The van der Waals surface area contributed by atoms with Crippen molar-refractivity contribution in [2.24, 2.45) is 0 Å². The number of alkyl halides is 3. The number of nitrogens with zero attached hydrogens (tertiary/aromatic N) is 4. The molecule has 0 bridgehead atoms. The average molecular weight is 587 g/mol. The van der Waals surface area contributed by atoms with Crippen LogP contribution in [0.15, 0.2) is 95.7 Å². The fraction of sp³-hybridized carbons (Fsp3) is 0.219. The SMILES string of the molecule is O=C(Nc1ccc(CN2CCN(Cc3ccccc3)CC2)c(C(F)(F)F)c1)Nc1ccc2oc(-c3cccnc3)nc2c1. The minimum absolute atomic E-state index is 0.0441. The fourth-order valence-electron chi connectivity index (χ4n) is 5.16. The zero-order valence-corrected chi connectivity index (χ0v) is 23.1. The second-order valence-corrected chi connectivity index (χ2v) is 10.4. The van der Waals surface area contributed by atoms with Crippen LogP contribution in [0, 0.1) is 0 Å². The molecule has 2 N–H and O–H groups in total. The molecule has 6 rings (SSSR count). The van der Waals surface area contributed by atoms with Crippen molar-refractivity contribution >= 4 is 28.5 Å². The molecule has 43 heavy (non-hydrogen) atoms. The van der Waals surface area contributed by atoms with Crippen LogP contribution in [0.4, 0.5) is 29.3 Å². The molecule has 1 aliphatic heterocycles. The summed E-state index contributed by atoms with van der Waals surface area (Å²) in [7, 11) is 0. The van der Waals surface area contributed by atoms with E-state index in [0.717, 1.165) is 25.7 Å². The molecule has 1 saturated heterocycles. The number of hydrogen-bond acceptors (Lipinski definition) is 6. The fourth-order valence-corrected chi connectivity index (χ4v) is 5.16. The number of carbonyl (C=O) groups excluding carboxylic acids is 1. The van der Waals surface area contributed by atoms with E-state index in [1.165, 1.54) is 17.7 Å². The Balaban J connectivity index is 1.09. The summed E-state index contributed by atoms with van der Waals surface area (Å²) < 4.78 is 48.0. The quantitative estimate of drug-likeness (QED) is 0.217. The van der Waals surface area contributed by atoms with Crippen LogP contribution in [0.25, 0.3) is 22.6 Å². The Morgan fingerprint density at radius 1 is 0.837 bits per heavy atom. The van der Waals surface area contributed by atoms with E-state index in [4.69, 9.17) is 4.42 Å². The number of piperazine rings is 1. The molecule has 3 aromatic carbocycles. The van der Waals surface area contributed by atoms with Crippen LogP contribution in [0.2, 0.25) is 0 Å². The first-order valence-corrected chi connectivity index (χ1v) is 13.9. The van der Waals surface area contributed by atoms with E-state index in [2.05, 4.69) is 37.6 Å². The predicted octanol–water partition coefficient (Wildman–Crippen LogP) is 6.87. The zero-order chi connectivity index (χ0) is 29.8. The van der Waals surface area contributed by atoms with Gasteiger partial charge in [-0.15, -0.1) is 0 Å². The molecule has 1 fully saturated rings. The summed E-state index contributed by atoms with van der Waals surface area (Å²) in [5.74, 6) is 0.388. The number of amides is 2. The van der Waals surface area contributed by atoms with Crippen LogP contribution in [-0.2, 0) is 19.3 Å². The molecule has 1 aliphatic rings. The van der Waals surface area contributed by atoms with Crippen LogP contribution >= 0.6 is 0 Å². The third-order valence-corrected chi connectivity index (χ3v) is 7.33. The summed E-state index contributed by atoms with van der Waals surface area (Å²) >= 11 is 0. The topological polar surface area (TPSA) is 86.5 Å². The number of aromatic nitrogens is 2. The first-order valence-electron chi connectivity index (χ1n) is 13.9. The predicted molar refractivity (Wildman–Crippen MR) is 158 cm³/mol. The molecule has 0 radical (unpaired) electrons. The van der Waals surface area contributed by atoms with Gasteiger partial charge < -0.3 is 15.1 Å². The number of nitrogens with one attached hydrogen (secondary N) is 2. The molecule has 2 amide bonds. The Hall–Kier alpha value is -4.74. The van der Waals surface area contributed by atoms with Gasteiger partial charge in [0.15, 0.2) is 5.58 Å². The lowest BCUT2D eigenvalue weighted by molar-refractivity contribution is -0.138. The lowest BCUT2D eigenvalue weighted by Crippen LogP contribution is -2.45. The van der Waals surface area contributed by atoms with Gasteiger partial charge in [-0.05, 0) is 53.6 Å². The Morgan fingerprint density at radius 3 is 2.23 bits per heavy atom. The van der Waals surface area contributed by atoms with E-state index >= 15 is 0 Å². The Kier molecular flexibility index (Phi) is 8.08. The summed E-state index contributed by atoms with van der Waals surface area (Å²) in [4.78, 5) is 25.5. The Bertz CT molecular complexity index is 1700. The van der Waals surface area contributed by atoms with Crippen LogP contribution in [0.3, 0.4) is 0 Å². The van der Waals surface area contributed by atoms with E-state index in [-0.39, 0.29) is 17.8 Å². The molecule has 0 saturated carbocycles. The van der Waals surface area contributed by atoms with Gasteiger partial charge in [0.05, 0.1) is 11.1 Å². The Morgan fingerprint density at radius 2 is 1.53 bits per heavy atom. The third kappa shape index (κ3) is 7.02. The minimum atomic E-state index is -4.57. The molecule has 0 aliphatic carbocycles. The molecular formula is C32H29F3N6O2. The molecule has 8 nitrogen and oxygen atoms in total. The maximum Gasteiger partial charge on any atom is 0.416 e. The number of rotatable bonds is 7. The number of urea groups is 1. The van der Waals surface area contributed by atoms with Crippen molar-refractivity contribution in [1.29, 1.82) is 0 Å². The first-order chi connectivity index (χ1) is 20.8. The van der Waals surface area contributed by atoms with Crippen molar-refractivity contribution < 1.29 is 22.4 Å². The number of hydrogen-bond donors (Lipinski definition) is 2. The van der Waals surface area contributed by atoms with Crippen molar-refractivity contribution in [3.05, 3.63) is 108 Å². The van der Waals surface area contributed by atoms with Crippen LogP contribution in [0.5, 0.6) is 0 Å². The smallest absolute Gasteiger partial charge is 0.416 e. The van der Waals surface area contributed by atoms with Gasteiger partial charge in [0.25, 0.3) is 0 Å². The van der Waals surface area contributed by atoms with Crippen molar-refractivity contribution in [1.82, 2.24) is 19.8 Å². The maximum atomic E-state index is 14.1. The van der Waals surface area contributed by atoms with E-state index in [0.29, 0.717) is 41.3 Å². The maximum absolute atomic E-state index is 14.1. The molecule has 0 atom stereocenters. The highest BCUT2D eigenvalue weighted by Gasteiger charge is 2.34. The molecule has 3 heterocycles. The second kappa shape index (κ2) is 12.2. The lowest BCUT2D eigenvalue weighted by atomic mass is 10.0. The van der Waals surface area contributed by atoms with Gasteiger partial charge in [0, 0.05) is 63.0 Å². The van der Waals surface area contributed by atoms with E-state index < -0.39 is 17.8 Å². The van der Waals surface area contributed by atoms with E-state index in [1.807, 2.05) is 29.2 Å². The van der Waals surface area contributed by atoms with Gasteiger partial charge in [-0.1, -0.05) is 36.4 Å². The number of fused-ring (bicyclic) bond motifs is 1. The highest BCUT2D eigenvalue weighted by Crippen LogP contribution is 2.35. The highest BCUT2D eigenvalue weighted by molar-refractivity contribution is 6.00. The first kappa shape index (κ1) is 28.4. The van der Waals surface area contributed by atoms with E-state index in [1.54, 1.807) is 36.7 Å². The normalized spacial score (nSPS) is 14.6. The van der Waals surface area contributed by atoms with Crippen LogP contribution in [-0.4, -0.2) is 52.0 Å². The Labute approximate surface area is 246 Å². The number of carbonyl (C=O) groups is 1. The minimum Gasteiger partial charge on any atom is -0.436 e. The van der Waals surface area contributed by atoms with Gasteiger partial charge in [0.2, 0.25) is 5.89 Å². The van der Waals surface area contributed by atoms with Gasteiger partial charge in [-0.3, -0.25) is 14.8 Å². The number of anilines is 2. The summed E-state index contributed by atoms with van der Waals surface area (Å²) in [6.45, 7) is 3.91. The summed E-state index contributed by atoms with van der Waals surface area (Å²) in [5.41, 5.74) is 2.84. The largest absolute Gasteiger partial charge is 0.436 e. The monoisotopic (exact) mass is 586 g/mol. The molecule has 0 unspecified atom stereocenters. The van der Waals surface area contributed by atoms with Crippen molar-refractivity contribution in [2.75, 3.05) is 36.8 Å². The van der Waals surface area contributed by atoms with Crippen molar-refractivity contribution in [2.45, 2.75) is 19.3 Å².